The summed E-state index contributed by atoms with van der Waals surface area (Å²) in [6.07, 6.45) is 5.03. The van der Waals surface area contributed by atoms with E-state index in [1.165, 1.54) is 10.6 Å². The number of hydrogen-bond donors (Lipinski definition) is 1. The van der Waals surface area contributed by atoms with Crippen LogP contribution in [0.3, 0.4) is 0 Å². The number of amides is 1. The van der Waals surface area contributed by atoms with Crippen LogP contribution in [-0.4, -0.2) is 35.9 Å². The summed E-state index contributed by atoms with van der Waals surface area (Å²) < 4.78 is 7.12. The second-order valence-corrected chi connectivity index (χ2v) is 8.65. The fraction of sp³-hybridized carbons (Fsp3) is 0.381. The molecule has 1 aromatic heterocycles. The van der Waals surface area contributed by atoms with Crippen LogP contribution in [0.15, 0.2) is 34.0 Å². The molecule has 0 aliphatic rings. The molecule has 1 heterocycles. The Morgan fingerprint density at radius 2 is 1.97 bits per heavy atom. The van der Waals surface area contributed by atoms with Gasteiger partial charge in [0.05, 0.1) is 17.2 Å². The molecule has 6 nitrogen and oxygen atoms in total. The normalized spacial score (nSPS) is 12.4. The molecule has 2 rings (SSSR count). The lowest BCUT2D eigenvalue weighted by Crippen LogP contribution is -2.39. The largest absolute Gasteiger partial charge is 0.463 e. The van der Waals surface area contributed by atoms with Crippen molar-refractivity contribution in [1.82, 2.24) is 9.88 Å². The first-order chi connectivity index (χ1) is 13.8. The lowest BCUT2D eigenvalue weighted by atomic mass is 10.2. The number of rotatable bonds is 8. The van der Waals surface area contributed by atoms with Crippen molar-refractivity contribution >= 4 is 47.1 Å². The van der Waals surface area contributed by atoms with Crippen LogP contribution in [-0.2, 0) is 20.9 Å². The molecule has 0 aliphatic carbocycles. The van der Waals surface area contributed by atoms with E-state index >= 15 is 0 Å². The van der Waals surface area contributed by atoms with Crippen LogP contribution < -0.4 is 20.1 Å². The van der Waals surface area contributed by atoms with Crippen molar-refractivity contribution < 1.29 is 14.3 Å². The average Bonchev–Trinajstić information content (AvgIpc) is 2.96. The van der Waals surface area contributed by atoms with E-state index in [1.807, 2.05) is 44.4 Å². The summed E-state index contributed by atoms with van der Waals surface area (Å²) in [6, 6.07) is 7.82. The van der Waals surface area contributed by atoms with Crippen LogP contribution in [0, 0.1) is 5.92 Å². The summed E-state index contributed by atoms with van der Waals surface area (Å²) >= 11 is 2.81. The van der Waals surface area contributed by atoms with Crippen molar-refractivity contribution in [2.24, 2.45) is 5.92 Å². The van der Waals surface area contributed by atoms with Crippen molar-refractivity contribution in [3.63, 3.8) is 0 Å². The first kappa shape index (κ1) is 23.0. The fourth-order valence-corrected chi connectivity index (χ4v) is 3.89. The first-order valence-electron chi connectivity index (χ1n) is 9.34. The fourth-order valence-electron chi connectivity index (χ4n) is 2.45. The van der Waals surface area contributed by atoms with Gasteiger partial charge >= 0.3 is 5.97 Å². The third-order valence-electron chi connectivity index (χ3n) is 3.89. The number of benzene rings is 1. The Hall–Kier alpha value is -2.32. The molecule has 2 aromatic rings. The number of carbonyl (C=O) groups is 2. The quantitative estimate of drug-likeness (QED) is 0.504. The maximum Gasteiger partial charge on any atom is 0.333 e. The summed E-state index contributed by atoms with van der Waals surface area (Å²) in [5.74, 6) is -0.509. The number of thiazole rings is 1. The molecule has 0 saturated heterocycles. The van der Waals surface area contributed by atoms with E-state index in [4.69, 9.17) is 4.74 Å². The van der Waals surface area contributed by atoms with E-state index in [1.54, 1.807) is 24.8 Å². The Labute approximate surface area is 178 Å². The van der Waals surface area contributed by atoms with Gasteiger partial charge in [-0.25, -0.2) is 4.79 Å². The number of nitrogens with one attached hydrogen (secondary N) is 1. The van der Waals surface area contributed by atoms with Crippen LogP contribution in [0.1, 0.15) is 26.3 Å². The van der Waals surface area contributed by atoms with Gasteiger partial charge in [0.1, 0.15) is 11.2 Å². The van der Waals surface area contributed by atoms with Gasteiger partial charge in [-0.15, -0.1) is 23.1 Å². The monoisotopic (exact) mass is 434 g/mol. The van der Waals surface area contributed by atoms with Gasteiger partial charge < -0.3 is 10.1 Å². The van der Waals surface area contributed by atoms with E-state index in [0.717, 1.165) is 21.8 Å². The van der Waals surface area contributed by atoms with Crippen LogP contribution in [0.2, 0.25) is 0 Å². The molecule has 156 valence electrons. The van der Waals surface area contributed by atoms with Crippen molar-refractivity contribution in [1.29, 1.82) is 0 Å². The standard InChI is InChI=1S/C21H26N2O4S2/c1-5-27-20(25)11-19-23(13-18(24)22-12-14(2)3)21(26)17(29-19)10-15-6-8-16(28-4)9-7-15/h6-11,14H,5,12-13H2,1-4H3,(H,22,24)/b17-10-,19-11-. The summed E-state index contributed by atoms with van der Waals surface area (Å²) in [7, 11) is 0. The number of thioether (sulfide) groups is 1. The highest BCUT2D eigenvalue weighted by Crippen LogP contribution is 2.14. The molecule has 1 N–H and O–H groups in total. The third kappa shape index (κ3) is 6.90. The van der Waals surface area contributed by atoms with E-state index < -0.39 is 5.97 Å². The molecular formula is C21H26N2O4S2. The highest BCUT2D eigenvalue weighted by molar-refractivity contribution is 7.98. The molecule has 1 aromatic carbocycles. The minimum atomic E-state index is -0.541. The molecule has 29 heavy (non-hydrogen) atoms. The highest BCUT2D eigenvalue weighted by atomic mass is 32.2. The molecule has 0 radical (unpaired) electrons. The van der Waals surface area contributed by atoms with Gasteiger partial charge in [-0.3, -0.25) is 14.2 Å². The second kappa shape index (κ2) is 11.0. The zero-order chi connectivity index (χ0) is 21.4. The summed E-state index contributed by atoms with van der Waals surface area (Å²) in [4.78, 5) is 38.2. The minimum Gasteiger partial charge on any atom is -0.463 e. The average molecular weight is 435 g/mol. The molecule has 8 heteroatoms. The maximum absolute atomic E-state index is 12.9. The van der Waals surface area contributed by atoms with Gasteiger partial charge in [-0.1, -0.05) is 26.0 Å². The second-order valence-electron chi connectivity index (χ2n) is 6.71. The van der Waals surface area contributed by atoms with Gasteiger partial charge in [0.2, 0.25) is 5.91 Å². The first-order valence-corrected chi connectivity index (χ1v) is 11.4. The molecule has 0 atom stereocenters. The Morgan fingerprint density at radius 1 is 1.28 bits per heavy atom. The zero-order valence-corrected chi connectivity index (χ0v) is 18.7. The number of nitrogens with zero attached hydrogens (tertiary/aromatic N) is 1. The summed E-state index contributed by atoms with van der Waals surface area (Å²) in [6.45, 7) is 6.31. The Bertz CT molecular complexity index is 1020. The van der Waals surface area contributed by atoms with Crippen molar-refractivity contribution in [2.75, 3.05) is 19.4 Å². The smallest absolute Gasteiger partial charge is 0.333 e. The zero-order valence-electron chi connectivity index (χ0n) is 17.1. The van der Waals surface area contributed by atoms with Gasteiger partial charge in [0, 0.05) is 11.4 Å². The predicted octanol–water partition coefficient (Wildman–Crippen LogP) is 1.58. The third-order valence-corrected chi connectivity index (χ3v) is 5.69. The minimum absolute atomic E-state index is 0.146. The number of esters is 1. The SMILES string of the molecule is CCOC(=O)/C=c1\s/c(=C\c2ccc(SC)cc2)c(=O)n1CC(=O)NCC(C)C. The van der Waals surface area contributed by atoms with Crippen LogP contribution in [0.5, 0.6) is 0 Å². The van der Waals surface area contributed by atoms with Crippen LogP contribution in [0.25, 0.3) is 12.2 Å². The number of ether oxygens (including phenoxy) is 1. The van der Waals surface area contributed by atoms with Crippen molar-refractivity contribution in [3.05, 3.63) is 49.4 Å². The Balaban J connectivity index is 2.46. The molecule has 0 aliphatic heterocycles. The van der Waals surface area contributed by atoms with Gasteiger partial charge in [-0.05, 0) is 42.9 Å². The van der Waals surface area contributed by atoms with Crippen LogP contribution >= 0.6 is 23.1 Å². The number of hydrogen-bond acceptors (Lipinski definition) is 6. The molecule has 0 unspecified atom stereocenters. The maximum atomic E-state index is 12.9. The Kier molecular flexibility index (Phi) is 8.72. The van der Waals surface area contributed by atoms with Gasteiger partial charge in [-0.2, -0.15) is 0 Å². The number of carbonyl (C=O) groups excluding carboxylic acids is 2. The van der Waals surface area contributed by atoms with Crippen molar-refractivity contribution in [3.8, 4) is 0 Å². The molecule has 0 saturated carbocycles. The summed E-state index contributed by atoms with van der Waals surface area (Å²) in [5, 5.41) is 2.80. The lowest BCUT2D eigenvalue weighted by Gasteiger charge is -2.07. The molecule has 0 bridgehead atoms. The molecular weight excluding hydrogens is 408 g/mol. The van der Waals surface area contributed by atoms with Crippen LogP contribution in [0.4, 0.5) is 0 Å². The molecule has 0 spiro atoms. The highest BCUT2D eigenvalue weighted by Gasteiger charge is 2.11. The summed E-state index contributed by atoms with van der Waals surface area (Å²) in [5.41, 5.74) is 0.569. The predicted molar refractivity (Wildman–Crippen MR) is 119 cm³/mol. The van der Waals surface area contributed by atoms with E-state index in [2.05, 4.69) is 5.32 Å². The van der Waals surface area contributed by atoms with Gasteiger partial charge in [0.15, 0.2) is 0 Å². The topological polar surface area (TPSA) is 77.4 Å². The van der Waals surface area contributed by atoms with E-state index in [9.17, 15) is 14.4 Å². The lowest BCUT2D eigenvalue weighted by molar-refractivity contribution is -0.135. The molecule has 1 amide bonds. The van der Waals surface area contributed by atoms with E-state index in [0.29, 0.717) is 21.7 Å². The Morgan fingerprint density at radius 3 is 2.55 bits per heavy atom. The van der Waals surface area contributed by atoms with Crippen molar-refractivity contribution in [2.45, 2.75) is 32.2 Å². The number of aromatic nitrogens is 1. The van der Waals surface area contributed by atoms with E-state index in [-0.39, 0.29) is 24.6 Å². The van der Waals surface area contributed by atoms with Gasteiger partial charge in [0.25, 0.3) is 5.56 Å². The molecule has 0 fully saturated rings.